The van der Waals surface area contributed by atoms with E-state index in [2.05, 4.69) is 17.3 Å². The topological polar surface area (TPSA) is 50.4 Å². The fraction of sp³-hybridized carbons (Fsp3) is 0.462. The van der Waals surface area contributed by atoms with Crippen molar-refractivity contribution in [2.75, 3.05) is 0 Å². The molecule has 0 aromatic heterocycles. The van der Waals surface area contributed by atoms with Gasteiger partial charge in [-0.25, -0.2) is 10.8 Å². The second-order valence-electron chi connectivity index (χ2n) is 4.71. The number of para-hydroxylation sites is 1. The summed E-state index contributed by atoms with van der Waals surface area (Å²) >= 11 is 0. The summed E-state index contributed by atoms with van der Waals surface area (Å²) in [5, 5.41) is 0. The first-order valence-electron chi connectivity index (χ1n) is 5.85. The van der Waals surface area contributed by atoms with Gasteiger partial charge in [0.15, 0.2) is 0 Å². The predicted octanol–water partition coefficient (Wildman–Crippen LogP) is 2.76. The lowest BCUT2D eigenvalue weighted by Crippen LogP contribution is -2.41. The van der Waals surface area contributed by atoms with E-state index in [1.54, 1.807) is 0 Å². The normalized spacial score (nSPS) is 19.8. The molecule has 1 fully saturated rings. The second-order valence-corrected chi connectivity index (χ2v) is 4.71. The molecule has 0 heterocycles. The SMILES string of the molecule is CC1(C(=Nc2ccccc2)NN)CCCC1. The Balaban J connectivity index is 2.25. The van der Waals surface area contributed by atoms with Gasteiger partial charge < -0.3 is 5.43 Å². The third-order valence-electron chi connectivity index (χ3n) is 3.41. The van der Waals surface area contributed by atoms with Crippen molar-refractivity contribution in [1.82, 2.24) is 5.43 Å². The Morgan fingerprint density at radius 3 is 2.44 bits per heavy atom. The van der Waals surface area contributed by atoms with Gasteiger partial charge in [-0.1, -0.05) is 38.0 Å². The first kappa shape index (κ1) is 11.1. The summed E-state index contributed by atoms with van der Waals surface area (Å²) in [7, 11) is 0. The first-order chi connectivity index (χ1) is 7.74. The van der Waals surface area contributed by atoms with Crippen molar-refractivity contribution >= 4 is 11.5 Å². The Morgan fingerprint density at radius 2 is 1.88 bits per heavy atom. The van der Waals surface area contributed by atoms with Crippen LogP contribution in [0.15, 0.2) is 35.3 Å². The minimum Gasteiger partial charge on any atom is -0.312 e. The zero-order chi connectivity index (χ0) is 11.4. The van der Waals surface area contributed by atoms with Gasteiger partial charge in [-0.15, -0.1) is 0 Å². The number of rotatable bonds is 2. The van der Waals surface area contributed by atoms with E-state index in [4.69, 9.17) is 5.84 Å². The van der Waals surface area contributed by atoms with E-state index >= 15 is 0 Å². The molecule has 1 saturated carbocycles. The minimum atomic E-state index is 0.130. The average molecular weight is 217 g/mol. The van der Waals surface area contributed by atoms with Crippen molar-refractivity contribution in [3.05, 3.63) is 30.3 Å². The highest BCUT2D eigenvalue weighted by atomic mass is 15.3. The van der Waals surface area contributed by atoms with Crippen molar-refractivity contribution in [1.29, 1.82) is 0 Å². The van der Waals surface area contributed by atoms with Gasteiger partial charge in [-0.05, 0) is 25.0 Å². The highest BCUT2D eigenvalue weighted by molar-refractivity contribution is 5.89. The number of hydrogen-bond donors (Lipinski definition) is 2. The largest absolute Gasteiger partial charge is 0.312 e. The fourth-order valence-electron chi connectivity index (χ4n) is 2.37. The number of aliphatic imine (C=N–C) groups is 1. The van der Waals surface area contributed by atoms with Crippen LogP contribution in [0, 0.1) is 5.41 Å². The van der Waals surface area contributed by atoms with E-state index in [0.29, 0.717) is 0 Å². The third kappa shape index (κ3) is 2.25. The molecule has 2 rings (SSSR count). The zero-order valence-corrected chi connectivity index (χ0v) is 9.74. The maximum Gasteiger partial charge on any atom is 0.122 e. The third-order valence-corrected chi connectivity index (χ3v) is 3.41. The summed E-state index contributed by atoms with van der Waals surface area (Å²) in [4.78, 5) is 4.61. The lowest BCUT2D eigenvalue weighted by molar-refractivity contribution is 0.471. The first-order valence-corrected chi connectivity index (χ1v) is 5.85. The van der Waals surface area contributed by atoms with Crippen LogP contribution < -0.4 is 11.3 Å². The Kier molecular flexibility index (Phi) is 3.25. The van der Waals surface area contributed by atoms with Crippen LogP contribution in [0.5, 0.6) is 0 Å². The van der Waals surface area contributed by atoms with E-state index in [1.165, 1.54) is 25.7 Å². The molecule has 1 aromatic rings. The highest BCUT2D eigenvalue weighted by Crippen LogP contribution is 2.38. The number of benzene rings is 1. The van der Waals surface area contributed by atoms with Gasteiger partial charge in [0.2, 0.25) is 0 Å². The zero-order valence-electron chi connectivity index (χ0n) is 9.74. The molecule has 3 nitrogen and oxygen atoms in total. The second kappa shape index (κ2) is 4.66. The molecule has 0 amide bonds. The summed E-state index contributed by atoms with van der Waals surface area (Å²) in [5.74, 6) is 6.52. The number of amidine groups is 1. The lowest BCUT2D eigenvalue weighted by Gasteiger charge is -2.25. The van der Waals surface area contributed by atoms with Gasteiger partial charge >= 0.3 is 0 Å². The number of nitrogens with two attached hydrogens (primary N) is 1. The van der Waals surface area contributed by atoms with Crippen molar-refractivity contribution in [2.45, 2.75) is 32.6 Å². The van der Waals surface area contributed by atoms with E-state index in [9.17, 15) is 0 Å². The van der Waals surface area contributed by atoms with Crippen LogP contribution in [0.4, 0.5) is 5.69 Å². The van der Waals surface area contributed by atoms with Gasteiger partial charge in [0.25, 0.3) is 0 Å². The molecule has 0 radical (unpaired) electrons. The number of nitrogens with zero attached hydrogens (tertiary/aromatic N) is 1. The fourth-order valence-corrected chi connectivity index (χ4v) is 2.37. The number of nitrogens with one attached hydrogen (secondary N) is 1. The van der Waals surface area contributed by atoms with Crippen molar-refractivity contribution < 1.29 is 0 Å². The maximum absolute atomic E-state index is 5.60. The molecular formula is C13H19N3. The standard InChI is InChI=1S/C13H19N3/c1-13(9-5-6-10-13)12(16-14)15-11-7-3-2-4-8-11/h2-4,7-8H,5-6,9-10,14H2,1H3,(H,15,16). The van der Waals surface area contributed by atoms with Crippen molar-refractivity contribution in [2.24, 2.45) is 16.3 Å². The molecule has 3 heteroatoms. The van der Waals surface area contributed by atoms with Crippen LogP contribution in [0.1, 0.15) is 32.6 Å². The molecule has 0 bridgehead atoms. The summed E-state index contributed by atoms with van der Waals surface area (Å²) in [6.45, 7) is 2.24. The molecule has 1 aliphatic rings. The monoisotopic (exact) mass is 217 g/mol. The van der Waals surface area contributed by atoms with Crippen LogP contribution in [-0.2, 0) is 0 Å². The summed E-state index contributed by atoms with van der Waals surface area (Å²) in [5.41, 5.74) is 3.87. The number of hydrogen-bond acceptors (Lipinski definition) is 2. The van der Waals surface area contributed by atoms with Gasteiger partial charge in [-0.3, -0.25) is 0 Å². The van der Waals surface area contributed by atoms with Crippen LogP contribution in [0.2, 0.25) is 0 Å². The quantitative estimate of drug-likeness (QED) is 0.346. The highest BCUT2D eigenvalue weighted by Gasteiger charge is 2.33. The van der Waals surface area contributed by atoms with Crippen molar-refractivity contribution in [3.8, 4) is 0 Å². The summed E-state index contributed by atoms with van der Waals surface area (Å²) in [6, 6.07) is 9.96. The Labute approximate surface area is 96.7 Å². The lowest BCUT2D eigenvalue weighted by atomic mass is 9.87. The molecule has 0 saturated heterocycles. The Morgan fingerprint density at radius 1 is 1.25 bits per heavy atom. The van der Waals surface area contributed by atoms with Gasteiger partial charge in [0.05, 0.1) is 5.69 Å². The molecule has 0 aliphatic heterocycles. The molecule has 0 atom stereocenters. The van der Waals surface area contributed by atoms with Crippen LogP contribution in [0.25, 0.3) is 0 Å². The maximum atomic E-state index is 5.60. The summed E-state index contributed by atoms with van der Waals surface area (Å²) < 4.78 is 0. The molecule has 1 aromatic carbocycles. The van der Waals surface area contributed by atoms with Crippen LogP contribution in [0.3, 0.4) is 0 Å². The van der Waals surface area contributed by atoms with Gasteiger partial charge in [-0.2, -0.15) is 0 Å². The molecule has 0 spiro atoms. The van der Waals surface area contributed by atoms with Crippen LogP contribution in [-0.4, -0.2) is 5.84 Å². The van der Waals surface area contributed by atoms with E-state index in [-0.39, 0.29) is 5.41 Å². The van der Waals surface area contributed by atoms with Gasteiger partial charge in [0, 0.05) is 5.41 Å². The minimum absolute atomic E-state index is 0.130. The molecule has 86 valence electrons. The molecular weight excluding hydrogens is 198 g/mol. The molecule has 1 aliphatic carbocycles. The van der Waals surface area contributed by atoms with E-state index < -0.39 is 0 Å². The van der Waals surface area contributed by atoms with E-state index in [0.717, 1.165) is 11.5 Å². The number of hydrazine groups is 1. The summed E-state index contributed by atoms with van der Waals surface area (Å²) in [6.07, 6.45) is 4.88. The van der Waals surface area contributed by atoms with Crippen LogP contribution >= 0.6 is 0 Å². The molecule has 16 heavy (non-hydrogen) atoms. The Hall–Kier alpha value is -1.35. The van der Waals surface area contributed by atoms with E-state index in [1.807, 2.05) is 30.3 Å². The molecule has 0 unspecified atom stereocenters. The Bertz CT molecular complexity index is 364. The average Bonchev–Trinajstić information content (AvgIpc) is 2.75. The van der Waals surface area contributed by atoms with Crippen molar-refractivity contribution in [3.63, 3.8) is 0 Å². The molecule has 3 N–H and O–H groups in total. The predicted molar refractivity (Wildman–Crippen MR) is 67.4 cm³/mol. The smallest absolute Gasteiger partial charge is 0.122 e. The van der Waals surface area contributed by atoms with Gasteiger partial charge in [0.1, 0.15) is 5.84 Å².